The number of carbonyl (C=O) groups is 3. The molecule has 23 heavy (non-hydrogen) atoms. The summed E-state index contributed by atoms with van der Waals surface area (Å²) in [5.41, 5.74) is 1.64. The van der Waals surface area contributed by atoms with Crippen LogP contribution in [-0.4, -0.2) is 58.9 Å². The summed E-state index contributed by atoms with van der Waals surface area (Å²) < 4.78 is 4.68. The summed E-state index contributed by atoms with van der Waals surface area (Å²) >= 11 is 0. The molecule has 3 heterocycles. The van der Waals surface area contributed by atoms with E-state index in [1.54, 1.807) is 11.0 Å². The van der Waals surface area contributed by atoms with Crippen molar-refractivity contribution in [3.05, 3.63) is 36.0 Å². The maximum Gasteiger partial charge on any atom is 0.417 e. The van der Waals surface area contributed by atoms with Crippen molar-refractivity contribution in [2.75, 3.05) is 26.2 Å². The molecule has 3 amide bonds. The molecule has 2 fully saturated rings. The van der Waals surface area contributed by atoms with Crippen LogP contribution in [0.1, 0.15) is 10.4 Å². The number of carbonyl (C=O) groups excluding carboxylic acids is 3. The zero-order chi connectivity index (χ0) is 16.0. The first-order chi connectivity index (χ1) is 11.1. The molecular weight excluding hydrogens is 298 g/mol. The molecule has 0 unspecified atom stereocenters. The molecule has 118 valence electrons. The molecule has 7 nitrogen and oxygen atoms in total. The average molecular weight is 313 g/mol. The first-order valence-corrected chi connectivity index (χ1v) is 7.45. The SMILES string of the molecule is O=C(c1ccc2[nH]ccc2c1)N1CC(CN2C(=O)COC2=O)C1. The van der Waals surface area contributed by atoms with E-state index in [2.05, 4.69) is 9.72 Å². The van der Waals surface area contributed by atoms with Crippen molar-refractivity contribution in [3.63, 3.8) is 0 Å². The predicted molar refractivity (Wildman–Crippen MR) is 80.8 cm³/mol. The van der Waals surface area contributed by atoms with Crippen LogP contribution in [-0.2, 0) is 9.53 Å². The van der Waals surface area contributed by atoms with Crippen LogP contribution in [0.5, 0.6) is 0 Å². The molecule has 1 aromatic carbocycles. The Labute approximate surface area is 131 Å². The molecule has 0 atom stereocenters. The summed E-state index contributed by atoms with van der Waals surface area (Å²) in [5, 5.41) is 0.998. The molecule has 2 saturated heterocycles. The number of nitrogens with zero attached hydrogens (tertiary/aromatic N) is 2. The van der Waals surface area contributed by atoms with Crippen molar-refractivity contribution >= 4 is 28.8 Å². The number of ether oxygens (including phenoxy) is 1. The van der Waals surface area contributed by atoms with Gasteiger partial charge in [0.15, 0.2) is 6.61 Å². The number of hydrogen-bond acceptors (Lipinski definition) is 4. The highest BCUT2D eigenvalue weighted by Crippen LogP contribution is 2.23. The van der Waals surface area contributed by atoms with E-state index >= 15 is 0 Å². The molecular formula is C16H15N3O4. The maximum absolute atomic E-state index is 12.4. The zero-order valence-corrected chi connectivity index (χ0v) is 12.3. The number of aromatic nitrogens is 1. The number of cyclic esters (lactones) is 1. The fourth-order valence-electron chi connectivity index (χ4n) is 3.04. The van der Waals surface area contributed by atoms with Gasteiger partial charge in [-0.25, -0.2) is 9.69 Å². The number of H-pyrrole nitrogens is 1. The van der Waals surface area contributed by atoms with Crippen LogP contribution in [0.4, 0.5) is 4.79 Å². The summed E-state index contributed by atoms with van der Waals surface area (Å²) in [7, 11) is 0. The fourth-order valence-corrected chi connectivity index (χ4v) is 3.04. The Kier molecular flexibility index (Phi) is 3.07. The number of nitrogens with one attached hydrogen (secondary N) is 1. The molecule has 0 saturated carbocycles. The van der Waals surface area contributed by atoms with Gasteiger partial charge in [0.05, 0.1) is 0 Å². The number of imide groups is 1. The zero-order valence-electron chi connectivity index (χ0n) is 12.3. The van der Waals surface area contributed by atoms with Crippen LogP contribution in [0.3, 0.4) is 0 Å². The van der Waals surface area contributed by atoms with E-state index in [0.29, 0.717) is 25.2 Å². The van der Waals surface area contributed by atoms with Gasteiger partial charge in [0.1, 0.15) is 0 Å². The second-order valence-corrected chi connectivity index (χ2v) is 5.91. The van der Waals surface area contributed by atoms with Gasteiger partial charge in [-0.1, -0.05) is 0 Å². The van der Waals surface area contributed by atoms with E-state index in [9.17, 15) is 14.4 Å². The maximum atomic E-state index is 12.4. The normalized spacial score (nSPS) is 18.4. The van der Waals surface area contributed by atoms with Gasteiger partial charge < -0.3 is 14.6 Å². The number of aromatic amines is 1. The third-order valence-electron chi connectivity index (χ3n) is 4.33. The molecule has 1 N–H and O–H groups in total. The second kappa shape index (κ2) is 5.12. The van der Waals surface area contributed by atoms with Crippen molar-refractivity contribution in [1.82, 2.24) is 14.8 Å². The third-order valence-corrected chi connectivity index (χ3v) is 4.33. The lowest BCUT2D eigenvalue weighted by Crippen LogP contribution is -2.54. The first-order valence-electron chi connectivity index (χ1n) is 7.45. The van der Waals surface area contributed by atoms with Gasteiger partial charge in [0.2, 0.25) is 0 Å². The van der Waals surface area contributed by atoms with Crippen molar-refractivity contribution < 1.29 is 19.1 Å². The molecule has 0 aliphatic carbocycles. The summed E-state index contributed by atoms with van der Waals surface area (Å²) in [4.78, 5) is 41.3. The second-order valence-electron chi connectivity index (χ2n) is 5.91. The highest BCUT2D eigenvalue weighted by Gasteiger charge is 2.38. The van der Waals surface area contributed by atoms with Crippen LogP contribution in [0.25, 0.3) is 10.9 Å². The molecule has 2 aliphatic rings. The number of fused-ring (bicyclic) bond motifs is 1. The van der Waals surface area contributed by atoms with Gasteiger partial charge in [-0.15, -0.1) is 0 Å². The third kappa shape index (κ3) is 2.34. The number of likely N-dealkylation sites (tertiary alicyclic amines) is 1. The van der Waals surface area contributed by atoms with Gasteiger partial charge in [0.25, 0.3) is 11.8 Å². The van der Waals surface area contributed by atoms with E-state index < -0.39 is 6.09 Å². The lowest BCUT2D eigenvalue weighted by atomic mass is 9.98. The molecule has 0 radical (unpaired) electrons. The summed E-state index contributed by atoms with van der Waals surface area (Å²) in [6.07, 6.45) is 1.25. The monoisotopic (exact) mass is 313 g/mol. The topological polar surface area (TPSA) is 82.7 Å². The number of rotatable bonds is 3. The molecule has 0 bridgehead atoms. The summed E-state index contributed by atoms with van der Waals surface area (Å²) in [6.45, 7) is 1.23. The van der Waals surface area contributed by atoms with Crippen LogP contribution in [0, 0.1) is 5.92 Å². The largest absolute Gasteiger partial charge is 0.439 e. The van der Waals surface area contributed by atoms with Crippen LogP contribution in [0.15, 0.2) is 30.5 Å². The number of benzene rings is 1. The first kappa shape index (κ1) is 13.8. The van der Waals surface area contributed by atoms with Gasteiger partial charge in [-0.2, -0.15) is 0 Å². The Morgan fingerprint density at radius 2 is 2.09 bits per heavy atom. The molecule has 1 aromatic heterocycles. The fraction of sp³-hybridized carbons (Fsp3) is 0.312. The summed E-state index contributed by atoms with van der Waals surface area (Å²) in [5.74, 6) is -0.220. The standard InChI is InChI=1S/C16H15N3O4/c20-14-9-23-16(22)19(14)8-10-6-18(7-10)15(21)12-1-2-13-11(5-12)3-4-17-13/h1-5,10,17H,6-9H2. The quantitative estimate of drug-likeness (QED) is 0.923. The van der Waals surface area contributed by atoms with E-state index in [0.717, 1.165) is 15.8 Å². The Morgan fingerprint density at radius 1 is 1.26 bits per heavy atom. The Hall–Kier alpha value is -2.83. The average Bonchev–Trinajstić information content (AvgIpc) is 3.09. The van der Waals surface area contributed by atoms with Gasteiger partial charge in [0, 0.05) is 48.2 Å². The molecule has 4 rings (SSSR count). The van der Waals surface area contributed by atoms with E-state index in [1.165, 1.54) is 0 Å². The van der Waals surface area contributed by atoms with Crippen molar-refractivity contribution in [2.45, 2.75) is 0 Å². The number of hydrogen-bond donors (Lipinski definition) is 1. The van der Waals surface area contributed by atoms with Crippen molar-refractivity contribution in [3.8, 4) is 0 Å². The van der Waals surface area contributed by atoms with Gasteiger partial charge in [-0.05, 0) is 24.3 Å². The van der Waals surface area contributed by atoms with Crippen molar-refractivity contribution in [1.29, 1.82) is 0 Å². The number of amides is 3. The van der Waals surface area contributed by atoms with Crippen LogP contribution >= 0.6 is 0 Å². The molecule has 2 aliphatic heterocycles. The van der Waals surface area contributed by atoms with Gasteiger partial charge in [-0.3, -0.25) is 9.59 Å². The van der Waals surface area contributed by atoms with E-state index in [-0.39, 0.29) is 24.3 Å². The van der Waals surface area contributed by atoms with E-state index in [4.69, 9.17) is 0 Å². The smallest absolute Gasteiger partial charge is 0.417 e. The summed E-state index contributed by atoms with van der Waals surface area (Å²) in [6, 6.07) is 7.48. The van der Waals surface area contributed by atoms with Crippen molar-refractivity contribution in [2.24, 2.45) is 5.92 Å². The molecule has 2 aromatic rings. The Morgan fingerprint density at radius 3 is 2.83 bits per heavy atom. The predicted octanol–water partition coefficient (Wildman–Crippen LogP) is 1.22. The minimum absolute atomic E-state index is 0.0281. The molecule has 7 heteroatoms. The lowest BCUT2D eigenvalue weighted by Gasteiger charge is -2.40. The minimum Gasteiger partial charge on any atom is -0.439 e. The minimum atomic E-state index is -0.585. The lowest BCUT2D eigenvalue weighted by molar-refractivity contribution is -0.126. The molecule has 0 spiro atoms. The van der Waals surface area contributed by atoms with Crippen LogP contribution in [0.2, 0.25) is 0 Å². The Balaban J connectivity index is 1.38. The van der Waals surface area contributed by atoms with Gasteiger partial charge >= 0.3 is 6.09 Å². The Bertz CT molecular complexity index is 791. The highest BCUT2D eigenvalue weighted by molar-refractivity contribution is 5.99. The van der Waals surface area contributed by atoms with Crippen LogP contribution < -0.4 is 0 Å². The van der Waals surface area contributed by atoms with E-state index in [1.807, 2.05) is 24.4 Å². The highest BCUT2D eigenvalue weighted by atomic mass is 16.6.